The highest BCUT2D eigenvalue weighted by atomic mass is 16.4. The molecule has 0 aliphatic carbocycles. The first-order chi connectivity index (χ1) is 6.84. The predicted molar refractivity (Wildman–Crippen MR) is 51.9 cm³/mol. The van der Waals surface area contributed by atoms with Crippen molar-refractivity contribution in [2.24, 2.45) is 5.73 Å². The Hall–Kier alpha value is -1.63. The van der Waals surface area contributed by atoms with E-state index in [9.17, 15) is 14.4 Å². The molecule has 86 valence electrons. The van der Waals surface area contributed by atoms with E-state index in [1.54, 1.807) is 0 Å². The maximum absolute atomic E-state index is 11.2. The van der Waals surface area contributed by atoms with Crippen LogP contribution in [0, 0.1) is 0 Å². The van der Waals surface area contributed by atoms with E-state index in [1.807, 2.05) is 0 Å². The van der Waals surface area contributed by atoms with Crippen LogP contribution in [0.25, 0.3) is 0 Å². The van der Waals surface area contributed by atoms with Gasteiger partial charge in [-0.05, 0) is 6.92 Å². The van der Waals surface area contributed by atoms with Gasteiger partial charge in [0.2, 0.25) is 11.8 Å². The van der Waals surface area contributed by atoms with Crippen LogP contribution in [0.15, 0.2) is 0 Å². The molecule has 0 aromatic heterocycles. The number of nitrogens with one attached hydrogen (secondary N) is 1. The smallest absolute Gasteiger partial charge is 0.323 e. The average molecular weight is 217 g/mol. The molecule has 0 saturated heterocycles. The Morgan fingerprint density at radius 2 is 2.00 bits per heavy atom. The van der Waals surface area contributed by atoms with E-state index >= 15 is 0 Å². The fourth-order valence-corrected chi connectivity index (χ4v) is 0.750. The number of carboxylic acid groups (broad SMARTS) is 1. The highest BCUT2D eigenvalue weighted by Gasteiger charge is 2.14. The summed E-state index contributed by atoms with van der Waals surface area (Å²) < 4.78 is 0. The minimum Gasteiger partial charge on any atom is -0.480 e. The molecule has 0 aromatic carbocycles. The van der Waals surface area contributed by atoms with Crippen molar-refractivity contribution in [1.82, 2.24) is 10.2 Å². The number of nitrogens with two attached hydrogens (primary N) is 1. The van der Waals surface area contributed by atoms with Crippen molar-refractivity contribution in [2.45, 2.75) is 13.0 Å². The Labute approximate surface area is 87.2 Å². The van der Waals surface area contributed by atoms with Gasteiger partial charge in [-0.15, -0.1) is 0 Å². The maximum atomic E-state index is 11.2. The Bertz CT molecular complexity index is 265. The van der Waals surface area contributed by atoms with Crippen molar-refractivity contribution in [2.75, 3.05) is 20.1 Å². The highest BCUT2D eigenvalue weighted by Crippen LogP contribution is 1.84. The van der Waals surface area contributed by atoms with Gasteiger partial charge in [0.1, 0.15) is 6.54 Å². The molecule has 15 heavy (non-hydrogen) atoms. The molecule has 0 aromatic rings. The Morgan fingerprint density at radius 3 is 2.40 bits per heavy atom. The third-order valence-corrected chi connectivity index (χ3v) is 1.63. The largest absolute Gasteiger partial charge is 0.480 e. The second kappa shape index (κ2) is 5.97. The number of hydrogen-bond donors (Lipinski definition) is 3. The van der Waals surface area contributed by atoms with Crippen LogP contribution in [-0.2, 0) is 14.4 Å². The molecule has 0 saturated carbocycles. The number of carbonyl (C=O) groups excluding carboxylic acids is 2. The molecular formula is C8H15N3O4. The minimum absolute atomic E-state index is 0.246. The summed E-state index contributed by atoms with van der Waals surface area (Å²) in [5.41, 5.74) is 5.25. The highest BCUT2D eigenvalue weighted by molar-refractivity contribution is 5.88. The van der Waals surface area contributed by atoms with Gasteiger partial charge in [-0.25, -0.2) is 0 Å². The van der Waals surface area contributed by atoms with Crippen LogP contribution in [0.5, 0.6) is 0 Å². The van der Waals surface area contributed by atoms with E-state index in [-0.39, 0.29) is 6.54 Å². The van der Waals surface area contributed by atoms with Gasteiger partial charge < -0.3 is 21.1 Å². The average Bonchev–Trinajstić information content (AvgIpc) is 2.12. The molecule has 0 unspecified atom stereocenters. The van der Waals surface area contributed by atoms with Gasteiger partial charge >= 0.3 is 5.97 Å². The van der Waals surface area contributed by atoms with Crippen LogP contribution < -0.4 is 11.1 Å². The van der Waals surface area contributed by atoms with E-state index in [4.69, 9.17) is 10.8 Å². The first-order valence-electron chi connectivity index (χ1n) is 4.33. The quantitative estimate of drug-likeness (QED) is 0.492. The zero-order valence-corrected chi connectivity index (χ0v) is 8.69. The Kier molecular flexibility index (Phi) is 5.32. The number of carboxylic acids is 1. The SMILES string of the molecule is C[C@H](N)C(=O)NCC(=O)N(C)CC(=O)O. The summed E-state index contributed by atoms with van der Waals surface area (Å²) in [6, 6.07) is -0.692. The summed E-state index contributed by atoms with van der Waals surface area (Å²) >= 11 is 0. The molecule has 0 fully saturated rings. The molecule has 0 heterocycles. The monoisotopic (exact) mass is 217 g/mol. The molecule has 7 nitrogen and oxygen atoms in total. The van der Waals surface area contributed by atoms with E-state index in [2.05, 4.69) is 5.32 Å². The van der Waals surface area contributed by atoms with Gasteiger partial charge in [-0.1, -0.05) is 0 Å². The van der Waals surface area contributed by atoms with Gasteiger partial charge in [0.25, 0.3) is 0 Å². The second-order valence-corrected chi connectivity index (χ2v) is 3.15. The first-order valence-corrected chi connectivity index (χ1v) is 4.33. The van der Waals surface area contributed by atoms with E-state index in [0.29, 0.717) is 0 Å². The third-order valence-electron chi connectivity index (χ3n) is 1.63. The molecule has 7 heteroatoms. The van der Waals surface area contributed by atoms with Crippen LogP contribution in [0.1, 0.15) is 6.92 Å². The zero-order valence-electron chi connectivity index (χ0n) is 8.69. The lowest BCUT2D eigenvalue weighted by Crippen LogP contribution is -2.44. The normalized spacial score (nSPS) is 11.7. The number of amides is 2. The number of rotatable bonds is 5. The lowest BCUT2D eigenvalue weighted by atomic mass is 10.3. The number of nitrogens with zero attached hydrogens (tertiary/aromatic N) is 1. The van der Waals surface area contributed by atoms with Gasteiger partial charge in [0.05, 0.1) is 12.6 Å². The van der Waals surface area contributed by atoms with Crippen molar-refractivity contribution >= 4 is 17.8 Å². The summed E-state index contributed by atoms with van der Waals surface area (Å²) in [7, 11) is 1.34. The topological polar surface area (TPSA) is 113 Å². The van der Waals surface area contributed by atoms with E-state index < -0.39 is 30.4 Å². The van der Waals surface area contributed by atoms with Crippen LogP contribution in [-0.4, -0.2) is 54.0 Å². The van der Waals surface area contributed by atoms with Crippen LogP contribution in [0.4, 0.5) is 0 Å². The van der Waals surface area contributed by atoms with Crippen molar-refractivity contribution in [1.29, 1.82) is 0 Å². The Morgan fingerprint density at radius 1 is 1.47 bits per heavy atom. The van der Waals surface area contributed by atoms with Gasteiger partial charge in [-0.3, -0.25) is 14.4 Å². The van der Waals surface area contributed by atoms with Crippen molar-refractivity contribution in [3.8, 4) is 0 Å². The van der Waals surface area contributed by atoms with Gasteiger partial charge in [0, 0.05) is 7.05 Å². The molecule has 0 bridgehead atoms. The zero-order chi connectivity index (χ0) is 12.0. The summed E-state index contributed by atoms with van der Waals surface area (Å²) in [4.78, 5) is 33.4. The lowest BCUT2D eigenvalue weighted by Gasteiger charge is -2.15. The van der Waals surface area contributed by atoms with Crippen molar-refractivity contribution < 1.29 is 19.5 Å². The van der Waals surface area contributed by atoms with Gasteiger partial charge in [0.15, 0.2) is 0 Å². The number of hydrogen-bond acceptors (Lipinski definition) is 4. The van der Waals surface area contributed by atoms with Crippen LogP contribution in [0.2, 0.25) is 0 Å². The van der Waals surface area contributed by atoms with Crippen molar-refractivity contribution in [3.63, 3.8) is 0 Å². The number of carbonyl (C=O) groups is 3. The molecule has 0 spiro atoms. The fraction of sp³-hybridized carbons (Fsp3) is 0.625. The molecule has 0 radical (unpaired) electrons. The molecule has 4 N–H and O–H groups in total. The first kappa shape index (κ1) is 13.4. The van der Waals surface area contributed by atoms with Crippen LogP contribution >= 0.6 is 0 Å². The maximum Gasteiger partial charge on any atom is 0.323 e. The van der Waals surface area contributed by atoms with Crippen LogP contribution in [0.3, 0.4) is 0 Å². The molecule has 0 aliphatic rings. The second-order valence-electron chi connectivity index (χ2n) is 3.15. The fourth-order valence-electron chi connectivity index (χ4n) is 0.750. The minimum atomic E-state index is -1.11. The molecule has 0 rings (SSSR count). The number of likely N-dealkylation sites (N-methyl/N-ethyl adjacent to an activating group) is 1. The molecule has 2 amide bonds. The molecule has 0 aliphatic heterocycles. The standard InChI is InChI=1S/C8H15N3O4/c1-5(9)8(15)10-3-6(12)11(2)4-7(13)14/h5H,3-4,9H2,1-2H3,(H,10,15)(H,13,14)/t5-/m0/s1. The van der Waals surface area contributed by atoms with E-state index in [1.165, 1.54) is 14.0 Å². The van der Waals surface area contributed by atoms with Crippen molar-refractivity contribution in [3.05, 3.63) is 0 Å². The summed E-state index contributed by atoms with van der Waals surface area (Å²) in [6.07, 6.45) is 0. The molecule has 1 atom stereocenters. The molecular weight excluding hydrogens is 202 g/mol. The predicted octanol–water partition coefficient (Wildman–Crippen LogP) is -2.01. The lowest BCUT2D eigenvalue weighted by molar-refractivity contribution is -0.143. The third kappa shape index (κ3) is 5.63. The Balaban J connectivity index is 3.93. The summed E-state index contributed by atoms with van der Waals surface area (Å²) in [5, 5.41) is 10.7. The van der Waals surface area contributed by atoms with Gasteiger partial charge in [-0.2, -0.15) is 0 Å². The van der Waals surface area contributed by atoms with E-state index in [0.717, 1.165) is 4.90 Å². The number of aliphatic carboxylic acids is 1. The summed E-state index contributed by atoms with van der Waals surface area (Å²) in [6.45, 7) is 0.845. The summed E-state index contributed by atoms with van der Waals surface area (Å²) in [5.74, 6) is -2.04.